The first kappa shape index (κ1) is 24.6. The first-order chi connectivity index (χ1) is 13.5. The molecule has 11 nitrogen and oxygen atoms in total. The van der Waals surface area contributed by atoms with Gasteiger partial charge in [0.1, 0.15) is 12.7 Å². The van der Waals surface area contributed by atoms with Crippen molar-refractivity contribution in [3.8, 4) is 0 Å². The van der Waals surface area contributed by atoms with Crippen molar-refractivity contribution in [3.05, 3.63) is 0 Å². The van der Waals surface area contributed by atoms with E-state index in [4.69, 9.17) is 40.6 Å². The van der Waals surface area contributed by atoms with E-state index in [0.717, 1.165) is 20.8 Å². The second-order valence-electron chi connectivity index (χ2n) is 5.98. The van der Waals surface area contributed by atoms with Crippen LogP contribution in [0.4, 0.5) is 0 Å². The van der Waals surface area contributed by atoms with Crippen molar-refractivity contribution in [2.45, 2.75) is 65.3 Å². The number of thiocarbonyl (C=S) groups is 1. The number of rotatable bonds is 7. The summed E-state index contributed by atoms with van der Waals surface area (Å²) in [5.41, 5.74) is 0. The SMILES string of the molecule is CCOC(=S)N[C@@H]1O[C@H](COC(C)=O)[C@@H](OC(C)=O)[C@H](OC(C)=O)[C@H]1OC(C)=O. The van der Waals surface area contributed by atoms with Crippen LogP contribution in [0.3, 0.4) is 0 Å². The fourth-order valence-corrected chi connectivity index (χ4v) is 2.87. The van der Waals surface area contributed by atoms with Crippen molar-refractivity contribution in [2.75, 3.05) is 13.2 Å². The van der Waals surface area contributed by atoms with Gasteiger partial charge in [-0.25, -0.2) is 0 Å². The number of nitrogens with one attached hydrogen (secondary N) is 1. The predicted octanol–water partition coefficient (Wildman–Crippen LogP) is -0.0195. The largest absolute Gasteiger partial charge is 0.471 e. The van der Waals surface area contributed by atoms with Gasteiger partial charge in [-0.2, -0.15) is 0 Å². The first-order valence-corrected chi connectivity index (χ1v) is 9.19. The molecule has 12 heteroatoms. The molecule has 0 saturated carbocycles. The van der Waals surface area contributed by atoms with Gasteiger partial charge in [0.15, 0.2) is 24.5 Å². The van der Waals surface area contributed by atoms with E-state index in [1.165, 1.54) is 6.92 Å². The Morgan fingerprint density at radius 2 is 1.34 bits per heavy atom. The van der Waals surface area contributed by atoms with Crippen LogP contribution < -0.4 is 5.32 Å². The van der Waals surface area contributed by atoms with Gasteiger partial charge < -0.3 is 33.7 Å². The lowest BCUT2D eigenvalue weighted by Crippen LogP contribution is -2.66. The Labute approximate surface area is 173 Å². The van der Waals surface area contributed by atoms with Gasteiger partial charge >= 0.3 is 23.9 Å². The zero-order valence-corrected chi connectivity index (χ0v) is 17.6. The lowest BCUT2D eigenvalue weighted by molar-refractivity contribution is -0.255. The average molecular weight is 435 g/mol. The highest BCUT2D eigenvalue weighted by Gasteiger charge is 2.52. The molecular formula is C17H25NO10S. The van der Waals surface area contributed by atoms with E-state index in [0.29, 0.717) is 0 Å². The second kappa shape index (κ2) is 11.5. The topological polar surface area (TPSA) is 136 Å². The summed E-state index contributed by atoms with van der Waals surface area (Å²) in [5.74, 6) is -2.73. The molecule has 0 amide bonds. The normalized spacial score (nSPS) is 25.9. The van der Waals surface area contributed by atoms with E-state index in [1.807, 2.05) is 0 Å². The van der Waals surface area contributed by atoms with Gasteiger partial charge in [0, 0.05) is 27.7 Å². The molecule has 1 fully saturated rings. The van der Waals surface area contributed by atoms with Gasteiger partial charge in [-0.05, 0) is 19.1 Å². The van der Waals surface area contributed by atoms with E-state index >= 15 is 0 Å². The van der Waals surface area contributed by atoms with Crippen LogP contribution >= 0.6 is 12.2 Å². The Morgan fingerprint density at radius 1 is 0.828 bits per heavy atom. The molecule has 0 aromatic heterocycles. The van der Waals surface area contributed by atoms with Crippen LogP contribution in [0.1, 0.15) is 34.6 Å². The molecule has 0 spiro atoms. The molecule has 1 aliphatic rings. The van der Waals surface area contributed by atoms with Gasteiger partial charge in [-0.15, -0.1) is 0 Å². The minimum Gasteiger partial charge on any atom is -0.471 e. The Balaban J connectivity index is 3.29. The fraction of sp³-hybridized carbons (Fsp3) is 0.706. The summed E-state index contributed by atoms with van der Waals surface area (Å²) in [6.45, 7) is 6.27. The Kier molecular flexibility index (Phi) is 9.75. The molecule has 1 heterocycles. The summed E-state index contributed by atoms with van der Waals surface area (Å²) in [7, 11) is 0. The number of esters is 4. The summed E-state index contributed by atoms with van der Waals surface area (Å²) in [6.07, 6.45) is -5.93. The molecule has 1 rings (SSSR count). The van der Waals surface area contributed by atoms with Crippen LogP contribution in [0.15, 0.2) is 0 Å². The van der Waals surface area contributed by atoms with Gasteiger partial charge in [0.2, 0.25) is 0 Å². The monoisotopic (exact) mass is 435 g/mol. The predicted molar refractivity (Wildman–Crippen MR) is 99.3 cm³/mol. The number of ether oxygens (including phenoxy) is 6. The van der Waals surface area contributed by atoms with Crippen LogP contribution in [-0.4, -0.2) is 72.9 Å². The van der Waals surface area contributed by atoms with Crippen LogP contribution in [0, 0.1) is 0 Å². The van der Waals surface area contributed by atoms with Gasteiger partial charge in [0.05, 0.1) is 6.61 Å². The first-order valence-electron chi connectivity index (χ1n) is 8.78. The van der Waals surface area contributed by atoms with Crippen LogP contribution in [-0.2, 0) is 47.6 Å². The highest BCUT2D eigenvalue weighted by atomic mass is 32.1. The van der Waals surface area contributed by atoms with Crippen LogP contribution in [0.5, 0.6) is 0 Å². The lowest BCUT2D eigenvalue weighted by atomic mass is 9.97. The van der Waals surface area contributed by atoms with Gasteiger partial charge in [0.25, 0.3) is 5.17 Å². The molecule has 0 aromatic rings. The Bertz CT molecular complexity index is 640. The van der Waals surface area contributed by atoms with Crippen molar-refractivity contribution < 1.29 is 47.6 Å². The third kappa shape index (κ3) is 8.20. The molecule has 164 valence electrons. The number of carbonyl (C=O) groups excluding carboxylic acids is 4. The van der Waals surface area contributed by atoms with E-state index in [-0.39, 0.29) is 18.4 Å². The molecule has 0 unspecified atom stereocenters. The summed E-state index contributed by atoms with van der Waals surface area (Å²) in [4.78, 5) is 46.2. The zero-order valence-electron chi connectivity index (χ0n) is 16.8. The molecule has 5 atom stereocenters. The number of hydrogen-bond acceptors (Lipinski definition) is 11. The van der Waals surface area contributed by atoms with Crippen molar-refractivity contribution in [3.63, 3.8) is 0 Å². The molecule has 29 heavy (non-hydrogen) atoms. The summed E-state index contributed by atoms with van der Waals surface area (Å²) in [5, 5.41) is 2.65. The van der Waals surface area contributed by atoms with Crippen molar-refractivity contribution >= 4 is 41.3 Å². The quantitative estimate of drug-likeness (QED) is 0.327. The highest BCUT2D eigenvalue weighted by molar-refractivity contribution is 7.80. The highest BCUT2D eigenvalue weighted by Crippen LogP contribution is 2.28. The smallest absolute Gasteiger partial charge is 0.303 e. The molecule has 0 aromatic carbocycles. The summed E-state index contributed by atoms with van der Waals surface area (Å²) >= 11 is 5.04. The van der Waals surface area contributed by atoms with E-state index in [2.05, 4.69) is 5.32 Å². The van der Waals surface area contributed by atoms with Crippen molar-refractivity contribution in [1.29, 1.82) is 0 Å². The summed E-state index contributed by atoms with van der Waals surface area (Å²) in [6, 6.07) is 0. The second-order valence-corrected chi connectivity index (χ2v) is 6.36. The molecule has 0 bridgehead atoms. The molecule has 1 saturated heterocycles. The van der Waals surface area contributed by atoms with Gasteiger partial charge in [-0.1, -0.05) is 0 Å². The number of carbonyl (C=O) groups is 4. The summed E-state index contributed by atoms with van der Waals surface area (Å²) < 4.78 is 31.7. The molecular weight excluding hydrogens is 410 g/mol. The fourth-order valence-electron chi connectivity index (χ4n) is 2.63. The maximum atomic E-state index is 11.7. The minimum atomic E-state index is -1.27. The maximum absolute atomic E-state index is 11.7. The van der Waals surface area contributed by atoms with E-state index in [9.17, 15) is 19.2 Å². The molecule has 0 radical (unpaired) electrons. The van der Waals surface area contributed by atoms with E-state index < -0.39 is 54.5 Å². The average Bonchev–Trinajstić information content (AvgIpc) is 2.57. The van der Waals surface area contributed by atoms with E-state index in [1.54, 1.807) is 6.92 Å². The molecule has 1 aliphatic heterocycles. The number of hydrogen-bond donors (Lipinski definition) is 1. The molecule has 1 N–H and O–H groups in total. The van der Waals surface area contributed by atoms with Crippen LogP contribution in [0.2, 0.25) is 0 Å². The maximum Gasteiger partial charge on any atom is 0.303 e. The van der Waals surface area contributed by atoms with Crippen molar-refractivity contribution in [1.82, 2.24) is 5.32 Å². The lowest BCUT2D eigenvalue weighted by Gasteiger charge is -2.44. The molecule has 0 aliphatic carbocycles. The minimum absolute atomic E-state index is 0.0617. The Morgan fingerprint density at radius 3 is 1.83 bits per heavy atom. The van der Waals surface area contributed by atoms with Crippen molar-refractivity contribution in [2.24, 2.45) is 0 Å². The zero-order chi connectivity index (χ0) is 22.1. The van der Waals surface area contributed by atoms with Crippen LogP contribution in [0.25, 0.3) is 0 Å². The third-order valence-electron chi connectivity index (χ3n) is 3.53. The third-order valence-corrected chi connectivity index (χ3v) is 3.76. The van der Waals surface area contributed by atoms with Gasteiger partial charge in [-0.3, -0.25) is 19.2 Å². The standard InChI is InChI=1S/C17H25NO10S/c1-6-23-17(29)18-16-15(27-11(5)22)14(26-10(4)21)13(25-9(3)20)12(28-16)7-24-8(2)19/h12-16H,6-7H2,1-5H3,(H,18,29)/t12-,13-,14+,15-,16-/m1/s1. The Hall–Kier alpha value is -2.47.